The molecule has 2 N–H and O–H groups in total. The number of aliphatic hydroxyl groups excluding tert-OH is 1. The lowest BCUT2D eigenvalue weighted by Gasteiger charge is -2.37. The largest absolute Gasteiger partial charge is 0.491 e. The summed E-state index contributed by atoms with van der Waals surface area (Å²) in [6.45, 7) is 8.73. The second kappa shape index (κ2) is 17.0. The molecule has 2 aliphatic rings. The number of nitrogens with one attached hydrogen (secondary N) is 1. The van der Waals surface area contributed by atoms with Crippen molar-refractivity contribution in [1.29, 1.82) is 0 Å². The summed E-state index contributed by atoms with van der Waals surface area (Å²) in [5.74, 6) is -0.423. The number of aliphatic hydroxyl groups is 1. The van der Waals surface area contributed by atoms with Crippen LogP contribution in [0.2, 0.25) is 10.0 Å². The molecule has 51 heavy (non-hydrogen) atoms. The molecule has 4 aromatic rings. The number of ether oxygens (including phenoxy) is 3. The second-order valence-corrected chi connectivity index (χ2v) is 13.5. The topological polar surface area (TPSA) is 117 Å². The molecule has 6 rings (SSSR count). The Bertz CT molecular complexity index is 1700. The molecule has 3 heterocycles. The summed E-state index contributed by atoms with van der Waals surface area (Å²) in [6, 6.07) is 21.3. The number of nitrogens with zero attached hydrogens (tertiary/aromatic N) is 6. The van der Waals surface area contributed by atoms with Gasteiger partial charge < -0.3 is 39.3 Å². The van der Waals surface area contributed by atoms with Crippen molar-refractivity contribution in [3.8, 4) is 5.75 Å². The number of hydrogen-bond acceptors (Lipinski definition) is 9. The third-order valence-electron chi connectivity index (χ3n) is 9.42. The lowest BCUT2D eigenvalue weighted by molar-refractivity contribution is -0.190. The highest BCUT2D eigenvalue weighted by molar-refractivity contribution is 6.35. The fraction of sp³-hybridized carbons (Fsp3) is 0.432. The average Bonchev–Trinajstić information content (AvgIpc) is 3.82. The molecule has 2 fully saturated rings. The molecule has 2 saturated heterocycles. The van der Waals surface area contributed by atoms with Crippen LogP contribution in [0, 0.1) is 0 Å². The van der Waals surface area contributed by atoms with Crippen molar-refractivity contribution in [2.24, 2.45) is 0 Å². The molecule has 0 unspecified atom stereocenters. The monoisotopic (exact) mass is 737 g/mol. The molecule has 14 heteroatoms. The normalized spacial score (nSPS) is 19.1. The second-order valence-electron chi connectivity index (χ2n) is 12.7. The molecule has 1 aromatic heterocycles. The Morgan fingerprint density at radius 3 is 2.27 bits per heavy atom. The third kappa shape index (κ3) is 8.88. The van der Waals surface area contributed by atoms with Gasteiger partial charge >= 0.3 is 6.03 Å². The van der Waals surface area contributed by atoms with Crippen molar-refractivity contribution in [2.75, 3.05) is 67.7 Å². The Labute approximate surface area is 308 Å². The van der Waals surface area contributed by atoms with E-state index >= 15 is 0 Å². The van der Waals surface area contributed by atoms with Gasteiger partial charge in [0.1, 0.15) is 37.7 Å². The molecule has 0 aliphatic carbocycles. The van der Waals surface area contributed by atoms with Crippen LogP contribution in [0.15, 0.2) is 79.4 Å². The van der Waals surface area contributed by atoms with E-state index in [1.807, 2.05) is 42.5 Å². The zero-order valence-electron chi connectivity index (χ0n) is 29.0. The van der Waals surface area contributed by atoms with Gasteiger partial charge in [-0.3, -0.25) is 0 Å². The van der Waals surface area contributed by atoms with E-state index in [1.165, 1.54) is 6.33 Å². The van der Waals surface area contributed by atoms with Crippen LogP contribution in [0.5, 0.6) is 5.75 Å². The van der Waals surface area contributed by atoms with E-state index in [0.29, 0.717) is 35.4 Å². The van der Waals surface area contributed by atoms with Crippen molar-refractivity contribution in [2.45, 2.75) is 51.2 Å². The van der Waals surface area contributed by atoms with Gasteiger partial charge in [-0.05, 0) is 73.5 Å². The summed E-state index contributed by atoms with van der Waals surface area (Å²) in [7, 11) is 0. The first kappa shape index (κ1) is 36.7. The maximum absolute atomic E-state index is 12.9. The Hall–Kier alpha value is -4.07. The number of piperazine rings is 1. The van der Waals surface area contributed by atoms with Crippen molar-refractivity contribution < 1.29 is 24.1 Å². The van der Waals surface area contributed by atoms with Crippen LogP contribution in [0.25, 0.3) is 0 Å². The lowest BCUT2D eigenvalue weighted by Crippen LogP contribution is -2.46. The number of anilines is 3. The zero-order chi connectivity index (χ0) is 35.8. The van der Waals surface area contributed by atoms with Gasteiger partial charge in [0.2, 0.25) is 5.79 Å². The van der Waals surface area contributed by atoms with Gasteiger partial charge in [0.05, 0.1) is 18.2 Å². The molecular formula is C37H45Cl2N7O5. The van der Waals surface area contributed by atoms with E-state index in [2.05, 4.69) is 51.2 Å². The number of hydrogen-bond donors (Lipinski definition) is 2. The number of benzene rings is 3. The van der Waals surface area contributed by atoms with Gasteiger partial charge in [-0.25, -0.2) is 14.5 Å². The van der Waals surface area contributed by atoms with Crippen molar-refractivity contribution in [3.05, 3.63) is 95.0 Å². The van der Waals surface area contributed by atoms with Crippen LogP contribution in [0.4, 0.5) is 21.9 Å². The van der Waals surface area contributed by atoms with Gasteiger partial charge in [-0.2, -0.15) is 5.10 Å². The van der Waals surface area contributed by atoms with Crippen molar-refractivity contribution in [1.82, 2.24) is 19.7 Å². The van der Waals surface area contributed by atoms with E-state index in [9.17, 15) is 9.90 Å². The minimum atomic E-state index is -1.16. The highest BCUT2D eigenvalue weighted by atomic mass is 35.5. The van der Waals surface area contributed by atoms with Crippen molar-refractivity contribution in [3.63, 3.8) is 0 Å². The smallest absolute Gasteiger partial charge is 0.322 e. The lowest BCUT2D eigenvalue weighted by atomic mass is 10.1. The summed E-state index contributed by atoms with van der Waals surface area (Å²) >= 11 is 12.7. The fourth-order valence-corrected chi connectivity index (χ4v) is 7.24. The minimum absolute atomic E-state index is 0.0608. The maximum atomic E-state index is 12.9. The zero-order valence-corrected chi connectivity index (χ0v) is 30.5. The summed E-state index contributed by atoms with van der Waals surface area (Å²) < 4.78 is 20.5. The molecule has 0 spiro atoms. The quantitative estimate of drug-likeness (QED) is 0.154. The standard InChI is InChI=1S/C37H45Cl2N7O5/c1-3-29(4-2)46(19-20-47)36(48)42-28-6-8-30(9-7-28)43-15-17-44(18-16-43)31-10-12-32(13-11-31)49-22-33-23-50-37(51-33,24-45-26-40-25-41-45)34-14-5-27(38)21-35(34)39/h5-14,21,25-26,29,33,47H,3-4,15-20,22-24H2,1-2H3,(H,42,48)/t33-,37-/m1/s1. The average molecular weight is 739 g/mol. The summed E-state index contributed by atoms with van der Waals surface area (Å²) in [6.07, 6.45) is 4.41. The van der Waals surface area contributed by atoms with E-state index < -0.39 is 5.79 Å². The Balaban J connectivity index is 0.989. The molecular weight excluding hydrogens is 693 g/mol. The summed E-state index contributed by atoms with van der Waals surface area (Å²) in [4.78, 5) is 23.4. The fourth-order valence-electron chi connectivity index (χ4n) is 6.69. The first-order valence-electron chi connectivity index (χ1n) is 17.4. The van der Waals surface area contributed by atoms with Crippen LogP contribution in [0.3, 0.4) is 0 Å². The van der Waals surface area contributed by atoms with Gasteiger partial charge in [0.15, 0.2) is 0 Å². The number of halogens is 2. The Kier molecular flexibility index (Phi) is 12.2. The molecule has 3 aromatic carbocycles. The first-order chi connectivity index (χ1) is 24.8. The predicted octanol–water partition coefficient (Wildman–Crippen LogP) is 6.27. The van der Waals surface area contributed by atoms with Crippen LogP contribution >= 0.6 is 23.2 Å². The summed E-state index contributed by atoms with van der Waals surface area (Å²) in [5.41, 5.74) is 3.65. The third-order valence-corrected chi connectivity index (χ3v) is 9.97. The highest BCUT2D eigenvalue weighted by Crippen LogP contribution is 2.40. The predicted molar refractivity (Wildman–Crippen MR) is 199 cm³/mol. The number of carbonyl (C=O) groups excluding carboxylic acids is 1. The number of rotatable bonds is 14. The molecule has 272 valence electrons. The SMILES string of the molecule is CCC(CC)N(CCO)C(=O)Nc1ccc(N2CCN(c3ccc(OC[C@@H]4CO[C@@](Cn5cncn5)(c5ccc(Cl)cc5Cl)O4)cc3)CC2)cc1. The Morgan fingerprint density at radius 1 is 1.02 bits per heavy atom. The van der Waals surface area contributed by atoms with Crippen LogP contribution in [0.1, 0.15) is 32.3 Å². The van der Waals surface area contributed by atoms with Gasteiger partial charge in [0.25, 0.3) is 0 Å². The molecule has 12 nitrogen and oxygen atoms in total. The molecule has 2 aliphatic heterocycles. The van der Waals surface area contributed by atoms with Crippen LogP contribution in [-0.4, -0.2) is 95.5 Å². The molecule has 0 radical (unpaired) electrons. The van der Waals surface area contributed by atoms with Crippen molar-refractivity contribution >= 4 is 46.3 Å². The van der Waals surface area contributed by atoms with Crippen LogP contribution < -0.4 is 19.9 Å². The first-order valence-corrected chi connectivity index (χ1v) is 18.2. The van der Waals surface area contributed by atoms with E-state index in [-0.39, 0.29) is 31.3 Å². The molecule has 0 saturated carbocycles. The highest BCUT2D eigenvalue weighted by Gasteiger charge is 2.45. The number of urea groups is 1. The molecule has 2 amide bonds. The van der Waals surface area contributed by atoms with Crippen LogP contribution in [-0.2, 0) is 21.8 Å². The minimum Gasteiger partial charge on any atom is -0.491 e. The summed E-state index contributed by atoms with van der Waals surface area (Å²) in [5, 5.41) is 17.7. The van der Waals surface area contributed by atoms with E-state index in [1.54, 1.807) is 28.0 Å². The molecule has 2 atom stereocenters. The maximum Gasteiger partial charge on any atom is 0.322 e. The number of aromatic nitrogens is 3. The number of amides is 2. The van der Waals surface area contributed by atoms with E-state index in [4.69, 9.17) is 37.4 Å². The number of carbonyl (C=O) groups is 1. The molecule has 0 bridgehead atoms. The Morgan fingerprint density at radius 2 is 1.69 bits per heavy atom. The van der Waals surface area contributed by atoms with E-state index in [0.717, 1.165) is 61.8 Å². The van der Waals surface area contributed by atoms with Gasteiger partial charge in [0, 0.05) is 66.4 Å². The van der Waals surface area contributed by atoms with Gasteiger partial charge in [-0.1, -0.05) is 43.1 Å². The van der Waals surface area contributed by atoms with Gasteiger partial charge in [-0.15, -0.1) is 0 Å².